The van der Waals surface area contributed by atoms with Crippen molar-refractivity contribution < 1.29 is 14.6 Å². The minimum Gasteiger partial charge on any atom is -0.390 e. The Morgan fingerprint density at radius 2 is 2.00 bits per heavy atom. The Labute approximate surface area is 70.7 Å². The van der Waals surface area contributed by atoms with Crippen molar-refractivity contribution in [2.45, 2.75) is 37.6 Å². The number of ether oxygens (including phenoxy) is 1. The van der Waals surface area contributed by atoms with Crippen LogP contribution < -0.4 is 0 Å². The van der Waals surface area contributed by atoms with E-state index in [0.717, 1.165) is 6.42 Å². The van der Waals surface area contributed by atoms with Gasteiger partial charge < -0.3 is 9.84 Å². The molecule has 3 rings (SSSR count). The lowest BCUT2D eigenvalue weighted by molar-refractivity contribution is -0.125. The predicted molar refractivity (Wildman–Crippen MR) is 40.5 cm³/mol. The van der Waals surface area contributed by atoms with Gasteiger partial charge in [0, 0.05) is 12.8 Å². The highest BCUT2D eigenvalue weighted by Crippen LogP contribution is 2.48. The maximum Gasteiger partial charge on any atom is 0.133 e. The fourth-order valence-corrected chi connectivity index (χ4v) is 2.79. The lowest BCUT2D eigenvalue weighted by Gasteiger charge is -2.33. The summed E-state index contributed by atoms with van der Waals surface area (Å²) in [6.07, 6.45) is 2.17. The number of epoxide rings is 1. The van der Waals surface area contributed by atoms with Gasteiger partial charge in [0.1, 0.15) is 11.9 Å². The summed E-state index contributed by atoms with van der Waals surface area (Å²) in [6.45, 7) is 0. The number of ketones is 1. The summed E-state index contributed by atoms with van der Waals surface area (Å²) in [5, 5.41) is 9.67. The van der Waals surface area contributed by atoms with E-state index in [1.54, 1.807) is 0 Å². The summed E-state index contributed by atoms with van der Waals surface area (Å²) in [5.74, 6) is 0.925. The van der Waals surface area contributed by atoms with E-state index in [1.807, 2.05) is 0 Å². The van der Waals surface area contributed by atoms with Gasteiger partial charge >= 0.3 is 0 Å². The SMILES string of the molecule is O=C1C[C@H]2C[C@@H](C1)[C@@H]1O[C@@H]1[C@@H]2O. The number of aliphatic hydroxyl groups excluding tert-OH is 1. The number of Topliss-reactive ketones (excluding diaryl/α,β-unsaturated/α-hetero) is 1. The molecule has 0 spiro atoms. The van der Waals surface area contributed by atoms with Crippen molar-refractivity contribution in [3.63, 3.8) is 0 Å². The quantitative estimate of drug-likeness (QED) is 0.522. The van der Waals surface area contributed by atoms with Crippen LogP contribution in [0.3, 0.4) is 0 Å². The van der Waals surface area contributed by atoms with Crippen molar-refractivity contribution >= 4 is 5.78 Å². The van der Waals surface area contributed by atoms with Crippen molar-refractivity contribution in [2.75, 3.05) is 0 Å². The van der Waals surface area contributed by atoms with Crippen LogP contribution in [0.1, 0.15) is 19.3 Å². The molecule has 12 heavy (non-hydrogen) atoms. The Balaban J connectivity index is 1.88. The predicted octanol–water partition coefficient (Wildman–Crippen LogP) is 0.114. The third-order valence-corrected chi connectivity index (χ3v) is 3.43. The summed E-state index contributed by atoms with van der Waals surface area (Å²) in [5.41, 5.74) is 0. The van der Waals surface area contributed by atoms with E-state index >= 15 is 0 Å². The van der Waals surface area contributed by atoms with E-state index in [0.29, 0.717) is 24.5 Å². The molecule has 0 amide bonds. The van der Waals surface area contributed by atoms with Crippen LogP contribution in [0.15, 0.2) is 0 Å². The first-order valence-corrected chi connectivity index (χ1v) is 4.61. The standard InChI is InChI=1S/C9H12O3/c10-6-2-4-1-5(3-6)8-9(12-8)7(4)11/h4-5,7-9,11H,1-3H2/t4-,5+,7-,8+,9-/m1/s1. The van der Waals surface area contributed by atoms with Crippen LogP contribution in [0.25, 0.3) is 0 Å². The Hall–Kier alpha value is -0.410. The number of hydrogen-bond acceptors (Lipinski definition) is 3. The van der Waals surface area contributed by atoms with Gasteiger partial charge in [-0.3, -0.25) is 4.79 Å². The van der Waals surface area contributed by atoms with Crippen molar-refractivity contribution in [1.82, 2.24) is 0 Å². The fraction of sp³-hybridized carbons (Fsp3) is 0.889. The van der Waals surface area contributed by atoms with Gasteiger partial charge in [0.2, 0.25) is 0 Å². The highest BCUT2D eigenvalue weighted by molar-refractivity contribution is 5.80. The summed E-state index contributed by atoms with van der Waals surface area (Å²) in [6, 6.07) is 0. The number of carbonyl (C=O) groups excluding carboxylic acids is 1. The second-order valence-electron chi connectivity index (χ2n) is 4.26. The molecule has 3 fully saturated rings. The van der Waals surface area contributed by atoms with Gasteiger partial charge in [-0.2, -0.15) is 0 Å². The molecular formula is C9H12O3. The topological polar surface area (TPSA) is 49.8 Å². The molecule has 2 saturated carbocycles. The summed E-state index contributed by atoms with van der Waals surface area (Å²) >= 11 is 0. The first-order valence-electron chi connectivity index (χ1n) is 4.61. The van der Waals surface area contributed by atoms with Crippen LogP contribution in [0, 0.1) is 11.8 Å². The molecule has 66 valence electrons. The Morgan fingerprint density at radius 1 is 1.25 bits per heavy atom. The van der Waals surface area contributed by atoms with E-state index in [4.69, 9.17) is 4.74 Å². The second kappa shape index (κ2) is 2.09. The van der Waals surface area contributed by atoms with Crippen LogP contribution in [-0.4, -0.2) is 29.2 Å². The van der Waals surface area contributed by atoms with E-state index in [9.17, 15) is 9.90 Å². The lowest BCUT2D eigenvalue weighted by Crippen LogP contribution is -2.41. The molecule has 0 aromatic rings. The molecule has 3 nitrogen and oxygen atoms in total. The molecule has 0 unspecified atom stereocenters. The average Bonchev–Trinajstić information content (AvgIpc) is 2.79. The van der Waals surface area contributed by atoms with Crippen LogP contribution in [-0.2, 0) is 9.53 Å². The highest BCUT2D eigenvalue weighted by atomic mass is 16.6. The van der Waals surface area contributed by atoms with E-state index < -0.39 is 0 Å². The van der Waals surface area contributed by atoms with Gasteiger partial charge in [0.25, 0.3) is 0 Å². The number of fused-ring (bicyclic) bond motifs is 4. The average molecular weight is 168 g/mol. The number of carbonyl (C=O) groups is 1. The molecule has 5 atom stereocenters. The smallest absolute Gasteiger partial charge is 0.133 e. The third kappa shape index (κ3) is 0.808. The van der Waals surface area contributed by atoms with E-state index in [1.165, 1.54) is 0 Å². The number of rotatable bonds is 0. The molecular weight excluding hydrogens is 156 g/mol. The third-order valence-electron chi connectivity index (χ3n) is 3.43. The minimum absolute atomic E-state index is 0.0712. The van der Waals surface area contributed by atoms with Crippen LogP contribution >= 0.6 is 0 Å². The molecule has 1 heterocycles. The molecule has 2 bridgehead atoms. The molecule has 3 aliphatic rings. The molecule has 0 aromatic heterocycles. The van der Waals surface area contributed by atoms with Crippen molar-refractivity contribution in [2.24, 2.45) is 11.8 Å². The lowest BCUT2D eigenvalue weighted by atomic mass is 9.70. The molecule has 0 radical (unpaired) electrons. The Kier molecular flexibility index (Phi) is 1.23. The van der Waals surface area contributed by atoms with Crippen molar-refractivity contribution in [3.05, 3.63) is 0 Å². The van der Waals surface area contributed by atoms with Gasteiger partial charge in [-0.15, -0.1) is 0 Å². The Morgan fingerprint density at radius 3 is 2.83 bits per heavy atom. The van der Waals surface area contributed by atoms with Gasteiger partial charge in [-0.25, -0.2) is 0 Å². The normalized spacial score (nSPS) is 56.4. The molecule has 3 heteroatoms. The maximum absolute atomic E-state index is 11.2. The molecule has 0 aromatic carbocycles. The minimum atomic E-state index is -0.365. The van der Waals surface area contributed by atoms with Crippen LogP contribution in [0.5, 0.6) is 0 Å². The van der Waals surface area contributed by atoms with E-state index in [2.05, 4.69) is 0 Å². The second-order valence-corrected chi connectivity index (χ2v) is 4.26. The van der Waals surface area contributed by atoms with Gasteiger partial charge in [-0.1, -0.05) is 0 Å². The van der Waals surface area contributed by atoms with Gasteiger partial charge in [0.05, 0.1) is 12.2 Å². The molecule has 1 N–H and O–H groups in total. The molecule has 1 saturated heterocycles. The zero-order valence-electron chi connectivity index (χ0n) is 6.77. The largest absolute Gasteiger partial charge is 0.390 e. The van der Waals surface area contributed by atoms with Crippen LogP contribution in [0.4, 0.5) is 0 Å². The van der Waals surface area contributed by atoms with Gasteiger partial charge in [0.15, 0.2) is 0 Å². The highest BCUT2D eigenvalue weighted by Gasteiger charge is 2.58. The molecule has 1 aliphatic heterocycles. The summed E-state index contributed by atoms with van der Waals surface area (Å²) in [4.78, 5) is 11.2. The molecule has 2 aliphatic carbocycles. The number of hydrogen-bond donors (Lipinski definition) is 1. The van der Waals surface area contributed by atoms with Crippen molar-refractivity contribution in [3.8, 4) is 0 Å². The zero-order chi connectivity index (χ0) is 8.29. The zero-order valence-corrected chi connectivity index (χ0v) is 6.77. The first-order chi connectivity index (χ1) is 5.75. The van der Waals surface area contributed by atoms with E-state index in [-0.39, 0.29) is 24.2 Å². The van der Waals surface area contributed by atoms with Gasteiger partial charge in [-0.05, 0) is 18.3 Å². The van der Waals surface area contributed by atoms with Crippen molar-refractivity contribution in [1.29, 1.82) is 0 Å². The fourth-order valence-electron chi connectivity index (χ4n) is 2.79. The maximum atomic E-state index is 11.2. The Bertz CT molecular complexity index is 238. The first kappa shape index (κ1) is 7.04. The summed E-state index contributed by atoms with van der Waals surface area (Å²) < 4.78 is 5.35. The van der Waals surface area contributed by atoms with Crippen LogP contribution in [0.2, 0.25) is 0 Å². The summed E-state index contributed by atoms with van der Waals surface area (Å²) in [7, 11) is 0. The number of aliphatic hydroxyl groups is 1. The monoisotopic (exact) mass is 168 g/mol.